The summed E-state index contributed by atoms with van der Waals surface area (Å²) >= 11 is 0. The molecule has 3 rings (SSSR count). The first-order chi connectivity index (χ1) is 15.7. The Morgan fingerprint density at radius 3 is 2.59 bits per heavy atom. The molecule has 7 nitrogen and oxygen atoms in total. The SMILES string of the molecule is CCOc1ccccc1C(=O)NCCCC(=O)Nc1ccccc1OCC1CCCCO1. The molecular weight excluding hydrogens is 408 g/mol. The molecule has 0 bridgehead atoms. The van der Waals surface area contributed by atoms with Crippen LogP contribution in [0, 0.1) is 0 Å². The number of hydrogen-bond acceptors (Lipinski definition) is 5. The first kappa shape index (κ1) is 23.6. The summed E-state index contributed by atoms with van der Waals surface area (Å²) in [7, 11) is 0. The Bertz CT molecular complexity index is 880. The van der Waals surface area contributed by atoms with Crippen molar-refractivity contribution in [3.05, 3.63) is 54.1 Å². The fourth-order valence-corrected chi connectivity index (χ4v) is 3.51. The van der Waals surface area contributed by atoms with E-state index in [0.29, 0.717) is 48.9 Å². The molecule has 0 aliphatic carbocycles. The Kier molecular flexibility index (Phi) is 9.37. The van der Waals surface area contributed by atoms with Crippen molar-refractivity contribution in [1.82, 2.24) is 5.32 Å². The first-order valence-corrected chi connectivity index (χ1v) is 11.3. The molecule has 2 N–H and O–H groups in total. The van der Waals surface area contributed by atoms with E-state index in [9.17, 15) is 9.59 Å². The maximum atomic E-state index is 12.4. The molecule has 7 heteroatoms. The van der Waals surface area contributed by atoms with E-state index < -0.39 is 0 Å². The number of anilines is 1. The molecule has 1 unspecified atom stereocenters. The highest BCUT2D eigenvalue weighted by Crippen LogP contribution is 2.25. The molecule has 2 aromatic rings. The molecule has 32 heavy (non-hydrogen) atoms. The van der Waals surface area contributed by atoms with Crippen molar-refractivity contribution in [2.24, 2.45) is 0 Å². The van der Waals surface area contributed by atoms with Gasteiger partial charge in [0.2, 0.25) is 5.91 Å². The normalized spacial score (nSPS) is 15.6. The lowest BCUT2D eigenvalue weighted by atomic mass is 10.1. The van der Waals surface area contributed by atoms with Crippen LogP contribution in [0.2, 0.25) is 0 Å². The number of rotatable bonds is 11. The summed E-state index contributed by atoms with van der Waals surface area (Å²) in [6.45, 7) is 4.01. The minimum atomic E-state index is -0.210. The van der Waals surface area contributed by atoms with Gasteiger partial charge in [0.25, 0.3) is 5.91 Å². The maximum Gasteiger partial charge on any atom is 0.255 e. The number of nitrogens with one attached hydrogen (secondary N) is 2. The fraction of sp³-hybridized carbons (Fsp3) is 0.440. The Balaban J connectivity index is 1.42. The summed E-state index contributed by atoms with van der Waals surface area (Å²) in [5, 5.41) is 5.75. The van der Waals surface area contributed by atoms with E-state index in [1.807, 2.05) is 37.3 Å². The summed E-state index contributed by atoms with van der Waals surface area (Å²) < 4.78 is 17.1. The summed E-state index contributed by atoms with van der Waals surface area (Å²) in [5.74, 6) is 0.855. The van der Waals surface area contributed by atoms with Crippen LogP contribution >= 0.6 is 0 Å². The topological polar surface area (TPSA) is 85.9 Å². The van der Waals surface area contributed by atoms with Crippen LogP contribution in [0.5, 0.6) is 11.5 Å². The fourth-order valence-electron chi connectivity index (χ4n) is 3.51. The first-order valence-electron chi connectivity index (χ1n) is 11.3. The van der Waals surface area contributed by atoms with Crippen LogP contribution < -0.4 is 20.1 Å². The van der Waals surface area contributed by atoms with Crippen molar-refractivity contribution < 1.29 is 23.8 Å². The monoisotopic (exact) mass is 440 g/mol. The Labute approximate surface area is 189 Å². The van der Waals surface area contributed by atoms with E-state index in [0.717, 1.165) is 25.9 Å². The predicted molar refractivity (Wildman–Crippen MR) is 123 cm³/mol. The van der Waals surface area contributed by atoms with Crippen molar-refractivity contribution in [3.8, 4) is 11.5 Å². The summed E-state index contributed by atoms with van der Waals surface area (Å²) in [5.41, 5.74) is 1.13. The van der Waals surface area contributed by atoms with Crippen LogP contribution in [-0.4, -0.2) is 44.3 Å². The number of benzene rings is 2. The molecule has 0 aromatic heterocycles. The molecule has 1 aliphatic heterocycles. The quantitative estimate of drug-likeness (QED) is 0.512. The molecule has 1 fully saturated rings. The Morgan fingerprint density at radius 2 is 1.81 bits per heavy atom. The lowest BCUT2D eigenvalue weighted by Gasteiger charge is -2.23. The third-order valence-electron chi connectivity index (χ3n) is 5.16. The van der Waals surface area contributed by atoms with Gasteiger partial charge in [-0.2, -0.15) is 0 Å². The second-order valence-corrected chi connectivity index (χ2v) is 7.63. The van der Waals surface area contributed by atoms with Gasteiger partial charge in [-0.05, 0) is 56.9 Å². The minimum Gasteiger partial charge on any atom is -0.493 e. The summed E-state index contributed by atoms with van der Waals surface area (Å²) in [6.07, 6.45) is 4.16. The zero-order valence-electron chi connectivity index (χ0n) is 18.6. The lowest BCUT2D eigenvalue weighted by Crippen LogP contribution is -2.26. The van der Waals surface area contributed by atoms with Crippen LogP contribution in [0.15, 0.2) is 48.5 Å². The number of amides is 2. The number of ether oxygens (including phenoxy) is 3. The third kappa shape index (κ3) is 7.27. The van der Waals surface area contributed by atoms with Gasteiger partial charge in [0, 0.05) is 19.6 Å². The Morgan fingerprint density at radius 1 is 1.03 bits per heavy atom. The van der Waals surface area contributed by atoms with Crippen LogP contribution in [0.4, 0.5) is 5.69 Å². The molecule has 2 amide bonds. The Hall–Kier alpha value is -3.06. The number of carbonyl (C=O) groups excluding carboxylic acids is 2. The number of carbonyl (C=O) groups is 2. The molecule has 1 heterocycles. The average molecular weight is 441 g/mol. The second kappa shape index (κ2) is 12.7. The minimum absolute atomic E-state index is 0.101. The van der Waals surface area contributed by atoms with Crippen molar-refractivity contribution in [1.29, 1.82) is 0 Å². The van der Waals surface area contributed by atoms with Gasteiger partial charge in [0.15, 0.2) is 0 Å². The third-order valence-corrected chi connectivity index (χ3v) is 5.16. The number of para-hydroxylation sites is 3. The molecule has 0 radical (unpaired) electrons. The van der Waals surface area contributed by atoms with Gasteiger partial charge in [0.05, 0.1) is 24.0 Å². The summed E-state index contributed by atoms with van der Waals surface area (Å²) in [4.78, 5) is 24.8. The second-order valence-electron chi connectivity index (χ2n) is 7.63. The highest BCUT2D eigenvalue weighted by molar-refractivity contribution is 5.97. The predicted octanol–water partition coefficient (Wildman–Crippen LogP) is 4.18. The van der Waals surface area contributed by atoms with Crippen molar-refractivity contribution in [3.63, 3.8) is 0 Å². The van der Waals surface area contributed by atoms with Gasteiger partial charge in [-0.1, -0.05) is 24.3 Å². The van der Waals surface area contributed by atoms with Gasteiger partial charge in [-0.3, -0.25) is 9.59 Å². The molecule has 1 aliphatic rings. The van der Waals surface area contributed by atoms with Crippen LogP contribution in [-0.2, 0) is 9.53 Å². The maximum absolute atomic E-state index is 12.4. The van der Waals surface area contributed by atoms with Crippen molar-refractivity contribution in [2.45, 2.75) is 45.1 Å². The van der Waals surface area contributed by atoms with Gasteiger partial charge in [-0.15, -0.1) is 0 Å². The smallest absolute Gasteiger partial charge is 0.255 e. The largest absolute Gasteiger partial charge is 0.493 e. The van der Waals surface area contributed by atoms with E-state index in [1.165, 1.54) is 0 Å². The lowest BCUT2D eigenvalue weighted by molar-refractivity contribution is -0.116. The molecule has 1 saturated heterocycles. The van der Waals surface area contributed by atoms with Crippen LogP contribution in [0.1, 0.15) is 49.4 Å². The molecule has 2 aromatic carbocycles. The van der Waals surface area contributed by atoms with E-state index in [1.54, 1.807) is 18.2 Å². The van der Waals surface area contributed by atoms with Gasteiger partial charge in [0.1, 0.15) is 18.1 Å². The van der Waals surface area contributed by atoms with Gasteiger partial charge in [-0.25, -0.2) is 0 Å². The molecule has 172 valence electrons. The van der Waals surface area contributed by atoms with E-state index in [2.05, 4.69) is 10.6 Å². The van der Waals surface area contributed by atoms with E-state index >= 15 is 0 Å². The average Bonchev–Trinajstić information content (AvgIpc) is 2.82. The standard InChI is InChI=1S/C25H32N2O5/c1-2-30-22-13-5-3-11-20(22)25(29)26-16-9-15-24(28)27-21-12-4-6-14-23(21)32-18-19-10-7-8-17-31-19/h3-6,11-14,19H,2,7-10,15-18H2,1H3,(H,26,29)(H,27,28). The van der Waals surface area contributed by atoms with Crippen LogP contribution in [0.25, 0.3) is 0 Å². The number of hydrogen-bond donors (Lipinski definition) is 2. The molecule has 0 saturated carbocycles. The highest BCUT2D eigenvalue weighted by Gasteiger charge is 2.16. The highest BCUT2D eigenvalue weighted by atomic mass is 16.5. The van der Waals surface area contributed by atoms with E-state index in [-0.39, 0.29) is 24.3 Å². The molecule has 0 spiro atoms. The molecular formula is C25H32N2O5. The van der Waals surface area contributed by atoms with Crippen LogP contribution in [0.3, 0.4) is 0 Å². The van der Waals surface area contributed by atoms with E-state index in [4.69, 9.17) is 14.2 Å². The van der Waals surface area contributed by atoms with Gasteiger partial charge < -0.3 is 24.8 Å². The van der Waals surface area contributed by atoms with Crippen molar-refractivity contribution in [2.75, 3.05) is 31.7 Å². The zero-order valence-corrected chi connectivity index (χ0v) is 18.6. The summed E-state index contributed by atoms with van der Waals surface area (Å²) in [6, 6.07) is 14.5. The van der Waals surface area contributed by atoms with Gasteiger partial charge >= 0.3 is 0 Å². The molecule has 1 atom stereocenters. The zero-order chi connectivity index (χ0) is 22.6. The van der Waals surface area contributed by atoms with Crippen molar-refractivity contribution >= 4 is 17.5 Å².